The van der Waals surface area contributed by atoms with Crippen molar-refractivity contribution >= 4 is 28.2 Å². The van der Waals surface area contributed by atoms with Crippen molar-refractivity contribution in [2.75, 3.05) is 13.7 Å². The zero-order valence-electron chi connectivity index (χ0n) is 12.7. The van der Waals surface area contributed by atoms with Crippen LogP contribution in [0.25, 0.3) is 0 Å². The fourth-order valence-electron chi connectivity index (χ4n) is 1.90. The number of rotatable bonds is 6. The van der Waals surface area contributed by atoms with Gasteiger partial charge in [-0.05, 0) is 59.3 Å². The van der Waals surface area contributed by atoms with Gasteiger partial charge in [0.15, 0.2) is 11.5 Å². The van der Waals surface area contributed by atoms with E-state index in [-0.39, 0.29) is 5.75 Å². The molecule has 0 fully saturated rings. The summed E-state index contributed by atoms with van der Waals surface area (Å²) in [5.41, 5.74) is 0.798. The molecule has 0 unspecified atom stereocenters. The Morgan fingerprint density at radius 1 is 1.13 bits per heavy atom. The molecule has 0 heterocycles. The minimum atomic E-state index is -0.536. The van der Waals surface area contributed by atoms with Gasteiger partial charge in [-0.3, -0.25) is 4.79 Å². The van der Waals surface area contributed by atoms with Crippen LogP contribution in [-0.4, -0.2) is 26.0 Å². The summed E-state index contributed by atoms with van der Waals surface area (Å²) in [5, 5.41) is 0. The molecular weight excluding hydrogens is 364 g/mol. The van der Waals surface area contributed by atoms with Gasteiger partial charge in [-0.15, -0.1) is 0 Å². The standard InChI is InChI=1S/C17H15BrO5/c1-3-22-14-7-5-12(9-13(14)18)17(20)23-15-6-4-11(10-19)8-16(15)21-2/h4-10H,3H2,1-2H3. The molecule has 2 aromatic rings. The minimum absolute atomic E-state index is 0.244. The van der Waals surface area contributed by atoms with Gasteiger partial charge in [0, 0.05) is 5.56 Å². The van der Waals surface area contributed by atoms with Crippen LogP contribution in [-0.2, 0) is 0 Å². The lowest BCUT2D eigenvalue weighted by Gasteiger charge is -2.11. The third-order valence-electron chi connectivity index (χ3n) is 2.99. The van der Waals surface area contributed by atoms with Crippen LogP contribution < -0.4 is 14.2 Å². The van der Waals surface area contributed by atoms with E-state index in [1.165, 1.54) is 19.2 Å². The van der Waals surface area contributed by atoms with Crippen LogP contribution in [0, 0.1) is 0 Å². The number of ether oxygens (including phenoxy) is 3. The highest BCUT2D eigenvalue weighted by Gasteiger charge is 2.14. The van der Waals surface area contributed by atoms with E-state index in [0.717, 1.165) is 0 Å². The number of methoxy groups -OCH3 is 1. The lowest BCUT2D eigenvalue weighted by molar-refractivity contribution is 0.0729. The first-order valence-corrected chi connectivity index (χ1v) is 7.66. The van der Waals surface area contributed by atoms with Gasteiger partial charge in [-0.1, -0.05) is 0 Å². The van der Waals surface area contributed by atoms with E-state index in [1.54, 1.807) is 24.3 Å². The Balaban J connectivity index is 2.22. The van der Waals surface area contributed by atoms with Crippen molar-refractivity contribution in [3.63, 3.8) is 0 Å². The zero-order valence-corrected chi connectivity index (χ0v) is 14.3. The molecule has 0 saturated heterocycles. The third-order valence-corrected chi connectivity index (χ3v) is 3.61. The van der Waals surface area contributed by atoms with Gasteiger partial charge in [-0.25, -0.2) is 4.79 Å². The summed E-state index contributed by atoms with van der Waals surface area (Å²) < 4.78 is 16.5. The van der Waals surface area contributed by atoms with Crippen LogP contribution in [0.15, 0.2) is 40.9 Å². The summed E-state index contributed by atoms with van der Waals surface area (Å²) in [4.78, 5) is 23.0. The normalized spacial score (nSPS) is 10.0. The average molecular weight is 379 g/mol. The van der Waals surface area contributed by atoms with Crippen LogP contribution in [0.1, 0.15) is 27.6 Å². The molecule has 0 radical (unpaired) electrons. The van der Waals surface area contributed by atoms with Gasteiger partial charge in [-0.2, -0.15) is 0 Å². The van der Waals surface area contributed by atoms with E-state index >= 15 is 0 Å². The molecule has 0 atom stereocenters. The number of carbonyl (C=O) groups is 2. The first kappa shape index (κ1) is 17.0. The highest BCUT2D eigenvalue weighted by molar-refractivity contribution is 9.10. The third kappa shape index (κ3) is 4.10. The second-order valence-corrected chi connectivity index (χ2v) is 5.35. The maximum absolute atomic E-state index is 12.2. The van der Waals surface area contributed by atoms with E-state index < -0.39 is 5.97 Å². The Morgan fingerprint density at radius 3 is 2.48 bits per heavy atom. The second kappa shape index (κ2) is 7.78. The predicted octanol–water partition coefficient (Wildman–Crippen LogP) is 3.89. The highest BCUT2D eigenvalue weighted by atomic mass is 79.9. The Morgan fingerprint density at radius 2 is 1.87 bits per heavy atom. The number of hydrogen-bond acceptors (Lipinski definition) is 5. The van der Waals surface area contributed by atoms with E-state index in [9.17, 15) is 9.59 Å². The summed E-state index contributed by atoms with van der Waals surface area (Å²) in [5.74, 6) is 0.670. The topological polar surface area (TPSA) is 61.8 Å². The second-order valence-electron chi connectivity index (χ2n) is 4.50. The van der Waals surface area contributed by atoms with E-state index in [4.69, 9.17) is 14.2 Å². The molecule has 23 heavy (non-hydrogen) atoms. The van der Waals surface area contributed by atoms with Crippen LogP contribution in [0.3, 0.4) is 0 Å². The molecule has 0 amide bonds. The van der Waals surface area contributed by atoms with E-state index in [0.29, 0.717) is 40.0 Å². The number of aldehydes is 1. The monoisotopic (exact) mass is 378 g/mol. The van der Waals surface area contributed by atoms with Gasteiger partial charge in [0.2, 0.25) is 0 Å². The maximum atomic E-state index is 12.2. The molecule has 0 aliphatic carbocycles. The van der Waals surface area contributed by atoms with Crippen LogP contribution in [0.5, 0.6) is 17.2 Å². The number of hydrogen-bond donors (Lipinski definition) is 0. The Labute approximate surface area is 142 Å². The SMILES string of the molecule is CCOc1ccc(C(=O)Oc2ccc(C=O)cc2OC)cc1Br. The predicted molar refractivity (Wildman–Crippen MR) is 88.7 cm³/mol. The fraction of sp³-hybridized carbons (Fsp3) is 0.176. The molecule has 0 bridgehead atoms. The number of benzene rings is 2. The Bertz CT molecular complexity index is 727. The highest BCUT2D eigenvalue weighted by Crippen LogP contribution is 2.30. The molecule has 0 aromatic heterocycles. The lowest BCUT2D eigenvalue weighted by atomic mass is 10.2. The number of halogens is 1. The van der Waals surface area contributed by atoms with Crippen LogP contribution in [0.4, 0.5) is 0 Å². The van der Waals surface area contributed by atoms with Crippen molar-refractivity contribution in [3.8, 4) is 17.2 Å². The molecule has 0 aliphatic heterocycles. The lowest BCUT2D eigenvalue weighted by Crippen LogP contribution is -2.09. The van der Waals surface area contributed by atoms with Crippen molar-refractivity contribution in [1.29, 1.82) is 0 Å². The van der Waals surface area contributed by atoms with E-state index in [1.807, 2.05) is 6.92 Å². The largest absolute Gasteiger partial charge is 0.493 e. The molecule has 0 aliphatic rings. The van der Waals surface area contributed by atoms with Gasteiger partial charge in [0.25, 0.3) is 0 Å². The zero-order chi connectivity index (χ0) is 16.8. The molecule has 0 spiro atoms. The van der Waals surface area contributed by atoms with Crippen molar-refractivity contribution in [2.24, 2.45) is 0 Å². The Hall–Kier alpha value is -2.34. The minimum Gasteiger partial charge on any atom is -0.493 e. The Kier molecular flexibility index (Phi) is 5.76. The summed E-state index contributed by atoms with van der Waals surface area (Å²) in [6.45, 7) is 2.41. The smallest absolute Gasteiger partial charge is 0.343 e. The average Bonchev–Trinajstić information content (AvgIpc) is 2.57. The van der Waals surface area contributed by atoms with E-state index in [2.05, 4.69) is 15.9 Å². The van der Waals surface area contributed by atoms with Gasteiger partial charge >= 0.3 is 5.97 Å². The summed E-state index contributed by atoms with van der Waals surface area (Å²) in [6, 6.07) is 9.50. The molecule has 0 N–H and O–H groups in total. The van der Waals surface area contributed by atoms with Crippen LogP contribution >= 0.6 is 15.9 Å². The summed E-state index contributed by atoms with van der Waals surface area (Å²) in [7, 11) is 1.44. The summed E-state index contributed by atoms with van der Waals surface area (Å²) >= 11 is 3.35. The molecule has 0 saturated carbocycles. The van der Waals surface area contributed by atoms with Gasteiger partial charge in [0.05, 0.1) is 23.8 Å². The first-order chi connectivity index (χ1) is 11.1. The molecule has 2 rings (SSSR count). The molecule has 6 heteroatoms. The molecule has 5 nitrogen and oxygen atoms in total. The first-order valence-electron chi connectivity index (χ1n) is 6.86. The van der Waals surface area contributed by atoms with Crippen molar-refractivity contribution < 1.29 is 23.8 Å². The van der Waals surface area contributed by atoms with Crippen molar-refractivity contribution in [1.82, 2.24) is 0 Å². The number of carbonyl (C=O) groups excluding carboxylic acids is 2. The quantitative estimate of drug-likeness (QED) is 0.433. The van der Waals surface area contributed by atoms with Gasteiger partial charge < -0.3 is 14.2 Å². The molecule has 120 valence electrons. The maximum Gasteiger partial charge on any atom is 0.343 e. The van der Waals surface area contributed by atoms with Crippen molar-refractivity contribution in [3.05, 3.63) is 52.0 Å². The molecule has 2 aromatic carbocycles. The van der Waals surface area contributed by atoms with Crippen LogP contribution in [0.2, 0.25) is 0 Å². The number of esters is 1. The molecular formula is C17H15BrO5. The van der Waals surface area contributed by atoms with Gasteiger partial charge in [0.1, 0.15) is 12.0 Å². The van der Waals surface area contributed by atoms with Crippen molar-refractivity contribution in [2.45, 2.75) is 6.92 Å². The fourth-order valence-corrected chi connectivity index (χ4v) is 2.39. The summed E-state index contributed by atoms with van der Waals surface area (Å²) in [6.07, 6.45) is 0.692.